The first-order valence-electron chi connectivity index (χ1n) is 6.77. The van der Waals surface area contributed by atoms with Gasteiger partial charge in [0.1, 0.15) is 17.4 Å². The Morgan fingerprint density at radius 2 is 1.84 bits per heavy atom. The lowest BCUT2D eigenvalue weighted by atomic mass is 10.0. The highest BCUT2D eigenvalue weighted by atomic mass is 16.6. The van der Waals surface area contributed by atoms with E-state index < -0.39 is 18.2 Å². The number of para-hydroxylation sites is 1. The Labute approximate surface area is 114 Å². The number of esters is 1. The normalized spacial score (nSPS) is 13.8. The molecule has 4 heteroatoms. The van der Waals surface area contributed by atoms with Crippen molar-refractivity contribution in [2.45, 2.75) is 51.7 Å². The van der Waals surface area contributed by atoms with Gasteiger partial charge < -0.3 is 14.9 Å². The number of ether oxygens (including phenoxy) is 1. The highest BCUT2D eigenvalue weighted by Gasteiger charge is 2.23. The standard InChI is InChI=1S/C15H22O4/c1-3-7-13(17)14(8-4-2)19-15(18)11-9-5-6-10-12(11)16/h5-6,9-10,13-14,16-17H,3-4,7-8H2,1-2H3. The van der Waals surface area contributed by atoms with Crippen LogP contribution >= 0.6 is 0 Å². The summed E-state index contributed by atoms with van der Waals surface area (Å²) in [7, 11) is 0. The van der Waals surface area contributed by atoms with E-state index in [1.165, 1.54) is 12.1 Å². The van der Waals surface area contributed by atoms with Gasteiger partial charge >= 0.3 is 5.97 Å². The summed E-state index contributed by atoms with van der Waals surface area (Å²) in [6, 6.07) is 6.25. The summed E-state index contributed by atoms with van der Waals surface area (Å²) >= 11 is 0. The molecule has 0 saturated carbocycles. The molecule has 2 unspecified atom stereocenters. The monoisotopic (exact) mass is 266 g/mol. The SMILES string of the molecule is CCCC(O)C(CCC)OC(=O)c1ccccc1O. The van der Waals surface area contributed by atoms with E-state index in [2.05, 4.69) is 0 Å². The summed E-state index contributed by atoms with van der Waals surface area (Å²) in [5, 5.41) is 19.6. The van der Waals surface area contributed by atoms with Crippen molar-refractivity contribution in [3.05, 3.63) is 29.8 Å². The first kappa shape index (κ1) is 15.5. The Kier molecular flexibility index (Phi) is 6.36. The third kappa shape index (κ3) is 4.56. The first-order valence-corrected chi connectivity index (χ1v) is 6.77. The number of aliphatic hydroxyl groups excluding tert-OH is 1. The number of hydrogen-bond donors (Lipinski definition) is 2. The zero-order valence-corrected chi connectivity index (χ0v) is 11.5. The molecule has 1 aromatic carbocycles. The number of hydrogen-bond acceptors (Lipinski definition) is 4. The zero-order chi connectivity index (χ0) is 14.3. The first-order chi connectivity index (χ1) is 9.10. The number of rotatable bonds is 7. The fourth-order valence-corrected chi connectivity index (χ4v) is 1.94. The number of phenolic OH excluding ortho intramolecular Hbond substituents is 1. The molecule has 0 spiro atoms. The molecule has 0 fully saturated rings. The summed E-state index contributed by atoms with van der Waals surface area (Å²) < 4.78 is 5.32. The average molecular weight is 266 g/mol. The van der Waals surface area contributed by atoms with Crippen molar-refractivity contribution in [2.75, 3.05) is 0 Å². The average Bonchev–Trinajstić information content (AvgIpc) is 2.39. The molecule has 2 atom stereocenters. The van der Waals surface area contributed by atoms with E-state index in [-0.39, 0.29) is 11.3 Å². The fourth-order valence-electron chi connectivity index (χ4n) is 1.94. The molecule has 19 heavy (non-hydrogen) atoms. The van der Waals surface area contributed by atoms with Crippen LogP contribution in [0.25, 0.3) is 0 Å². The van der Waals surface area contributed by atoms with E-state index in [0.717, 1.165) is 12.8 Å². The van der Waals surface area contributed by atoms with Gasteiger partial charge in [-0.25, -0.2) is 4.79 Å². The van der Waals surface area contributed by atoms with Crippen molar-refractivity contribution < 1.29 is 19.7 Å². The number of benzene rings is 1. The summed E-state index contributed by atoms with van der Waals surface area (Å²) in [5.74, 6) is -0.695. The van der Waals surface area contributed by atoms with Crippen LogP contribution in [0, 0.1) is 0 Å². The van der Waals surface area contributed by atoms with Crippen molar-refractivity contribution in [3.8, 4) is 5.75 Å². The molecule has 106 valence electrons. The van der Waals surface area contributed by atoms with E-state index in [1.807, 2.05) is 13.8 Å². The minimum absolute atomic E-state index is 0.104. The second kappa shape index (κ2) is 7.79. The lowest BCUT2D eigenvalue weighted by Gasteiger charge is -2.22. The van der Waals surface area contributed by atoms with Crippen LogP contribution in [-0.4, -0.2) is 28.4 Å². The third-order valence-corrected chi connectivity index (χ3v) is 2.97. The number of aliphatic hydroxyl groups is 1. The van der Waals surface area contributed by atoms with Crippen LogP contribution in [-0.2, 0) is 4.74 Å². The molecule has 0 amide bonds. The lowest BCUT2D eigenvalue weighted by Crippen LogP contribution is -2.31. The summed E-state index contributed by atoms with van der Waals surface area (Å²) in [6.45, 7) is 3.94. The molecule has 1 aromatic rings. The van der Waals surface area contributed by atoms with Gasteiger partial charge in [0.15, 0.2) is 0 Å². The summed E-state index contributed by atoms with van der Waals surface area (Å²) in [4.78, 5) is 12.0. The lowest BCUT2D eigenvalue weighted by molar-refractivity contribution is -0.0247. The predicted molar refractivity (Wildman–Crippen MR) is 73.1 cm³/mol. The maximum absolute atomic E-state index is 12.0. The van der Waals surface area contributed by atoms with Crippen LogP contribution in [0.5, 0.6) is 5.75 Å². The van der Waals surface area contributed by atoms with Gasteiger partial charge in [0, 0.05) is 0 Å². The van der Waals surface area contributed by atoms with Gasteiger partial charge in [-0.15, -0.1) is 0 Å². The summed E-state index contributed by atoms with van der Waals surface area (Å²) in [5.41, 5.74) is 0.132. The van der Waals surface area contributed by atoms with Gasteiger partial charge in [0.25, 0.3) is 0 Å². The van der Waals surface area contributed by atoms with Crippen LogP contribution in [0.1, 0.15) is 49.9 Å². The van der Waals surface area contributed by atoms with Gasteiger partial charge in [-0.1, -0.05) is 38.8 Å². The highest BCUT2D eigenvalue weighted by Crippen LogP contribution is 2.20. The molecule has 0 bridgehead atoms. The molecule has 0 saturated heterocycles. The minimum atomic E-state index is -0.653. The van der Waals surface area contributed by atoms with Crippen molar-refractivity contribution >= 4 is 5.97 Å². The molecular formula is C15H22O4. The molecule has 0 radical (unpaired) electrons. The van der Waals surface area contributed by atoms with Gasteiger partial charge in [-0.05, 0) is 25.0 Å². The molecule has 0 aliphatic heterocycles. The number of carbonyl (C=O) groups excluding carboxylic acids is 1. The van der Waals surface area contributed by atoms with Crippen molar-refractivity contribution in [2.24, 2.45) is 0 Å². The highest BCUT2D eigenvalue weighted by molar-refractivity contribution is 5.92. The Morgan fingerprint density at radius 1 is 1.21 bits per heavy atom. The third-order valence-electron chi connectivity index (χ3n) is 2.97. The molecule has 4 nitrogen and oxygen atoms in total. The smallest absolute Gasteiger partial charge is 0.342 e. The molecule has 0 aromatic heterocycles. The molecular weight excluding hydrogens is 244 g/mol. The number of phenols is 1. The molecule has 0 heterocycles. The largest absolute Gasteiger partial charge is 0.507 e. The van der Waals surface area contributed by atoms with Crippen molar-refractivity contribution in [1.82, 2.24) is 0 Å². The summed E-state index contributed by atoms with van der Waals surface area (Å²) in [6.07, 6.45) is 1.69. The molecule has 0 aliphatic rings. The van der Waals surface area contributed by atoms with Gasteiger partial charge in [-0.3, -0.25) is 0 Å². The van der Waals surface area contributed by atoms with E-state index in [0.29, 0.717) is 12.8 Å². The zero-order valence-electron chi connectivity index (χ0n) is 11.5. The fraction of sp³-hybridized carbons (Fsp3) is 0.533. The van der Waals surface area contributed by atoms with Gasteiger partial charge in [0.05, 0.1) is 6.10 Å². The van der Waals surface area contributed by atoms with E-state index >= 15 is 0 Å². The number of aromatic hydroxyl groups is 1. The van der Waals surface area contributed by atoms with Crippen LogP contribution < -0.4 is 0 Å². The second-order valence-electron chi connectivity index (χ2n) is 4.61. The number of carbonyl (C=O) groups is 1. The Bertz CT molecular complexity index is 403. The molecule has 1 rings (SSSR count). The van der Waals surface area contributed by atoms with Crippen molar-refractivity contribution in [1.29, 1.82) is 0 Å². The van der Waals surface area contributed by atoms with E-state index in [4.69, 9.17) is 4.74 Å². The molecule has 0 aliphatic carbocycles. The Hall–Kier alpha value is -1.55. The Balaban J connectivity index is 2.73. The van der Waals surface area contributed by atoms with E-state index in [1.54, 1.807) is 12.1 Å². The second-order valence-corrected chi connectivity index (χ2v) is 4.61. The maximum atomic E-state index is 12.0. The van der Waals surface area contributed by atoms with Crippen LogP contribution in [0.4, 0.5) is 0 Å². The van der Waals surface area contributed by atoms with Crippen LogP contribution in [0.3, 0.4) is 0 Å². The van der Waals surface area contributed by atoms with Gasteiger partial charge in [-0.2, -0.15) is 0 Å². The topological polar surface area (TPSA) is 66.8 Å². The minimum Gasteiger partial charge on any atom is -0.507 e. The van der Waals surface area contributed by atoms with Gasteiger partial charge in [0.2, 0.25) is 0 Å². The van der Waals surface area contributed by atoms with E-state index in [9.17, 15) is 15.0 Å². The molecule has 2 N–H and O–H groups in total. The Morgan fingerprint density at radius 3 is 2.42 bits per heavy atom. The maximum Gasteiger partial charge on any atom is 0.342 e. The van der Waals surface area contributed by atoms with Crippen molar-refractivity contribution in [3.63, 3.8) is 0 Å². The predicted octanol–water partition coefficient (Wildman–Crippen LogP) is 2.88. The van der Waals surface area contributed by atoms with Crippen LogP contribution in [0.15, 0.2) is 24.3 Å². The van der Waals surface area contributed by atoms with Crippen LogP contribution in [0.2, 0.25) is 0 Å². The quantitative estimate of drug-likeness (QED) is 0.745.